The zero-order valence-corrected chi connectivity index (χ0v) is 13.4. The average Bonchev–Trinajstić information content (AvgIpc) is 2.40. The second kappa shape index (κ2) is 6.48. The van der Waals surface area contributed by atoms with E-state index in [9.17, 15) is 4.79 Å². The van der Waals surface area contributed by atoms with E-state index in [0.29, 0.717) is 11.6 Å². The highest BCUT2D eigenvalue weighted by molar-refractivity contribution is 5.95. The number of amides is 1. The third-order valence-corrected chi connectivity index (χ3v) is 4.33. The summed E-state index contributed by atoms with van der Waals surface area (Å²) in [4.78, 5) is 13.9. The summed E-state index contributed by atoms with van der Waals surface area (Å²) in [6.07, 6.45) is 2.57. The Bertz CT molecular complexity index is 506. The van der Waals surface area contributed by atoms with Gasteiger partial charge in [-0.2, -0.15) is 0 Å². The summed E-state index contributed by atoms with van der Waals surface area (Å²) < 4.78 is 5.84. The van der Waals surface area contributed by atoms with Gasteiger partial charge in [-0.3, -0.25) is 4.79 Å². The van der Waals surface area contributed by atoms with Crippen molar-refractivity contribution in [2.45, 2.75) is 58.8 Å². The van der Waals surface area contributed by atoms with Crippen LogP contribution in [0.25, 0.3) is 0 Å². The Labute approximate surface area is 127 Å². The number of carbonyl (C=O) groups is 1. The fourth-order valence-electron chi connectivity index (χ4n) is 3.45. The molecule has 0 radical (unpaired) electrons. The van der Waals surface area contributed by atoms with Crippen LogP contribution in [-0.2, 0) is 4.74 Å². The predicted molar refractivity (Wildman–Crippen MR) is 85.7 cm³/mol. The van der Waals surface area contributed by atoms with Crippen LogP contribution in [0.1, 0.15) is 49.5 Å². The van der Waals surface area contributed by atoms with E-state index in [-0.39, 0.29) is 18.1 Å². The molecule has 1 aliphatic rings. The first-order valence-corrected chi connectivity index (χ1v) is 7.75. The zero-order valence-electron chi connectivity index (χ0n) is 13.4. The van der Waals surface area contributed by atoms with E-state index < -0.39 is 0 Å². The summed E-state index contributed by atoms with van der Waals surface area (Å²) in [6, 6.07) is 6.23. The summed E-state index contributed by atoms with van der Waals surface area (Å²) in [5.74, 6) is -0.362. The van der Waals surface area contributed by atoms with Crippen LogP contribution in [0.2, 0.25) is 0 Å². The second-order valence-corrected chi connectivity index (χ2v) is 5.98. The molecule has 0 aliphatic carbocycles. The van der Waals surface area contributed by atoms with Gasteiger partial charge in [0.05, 0.1) is 12.2 Å². The molecule has 1 unspecified atom stereocenters. The van der Waals surface area contributed by atoms with Gasteiger partial charge < -0.3 is 15.4 Å². The first-order valence-electron chi connectivity index (χ1n) is 7.75. The summed E-state index contributed by atoms with van der Waals surface area (Å²) in [7, 11) is 0. The minimum Gasteiger partial charge on any atom is -0.375 e. The Hall–Kier alpha value is -1.55. The highest BCUT2D eigenvalue weighted by Gasteiger charge is 2.29. The Kier molecular flexibility index (Phi) is 4.88. The lowest BCUT2D eigenvalue weighted by atomic mass is 9.96. The maximum Gasteiger partial charge on any atom is 0.249 e. The first-order chi connectivity index (χ1) is 9.93. The van der Waals surface area contributed by atoms with Gasteiger partial charge in [0.1, 0.15) is 0 Å². The van der Waals surface area contributed by atoms with Gasteiger partial charge in [-0.15, -0.1) is 0 Å². The van der Waals surface area contributed by atoms with Crippen molar-refractivity contribution in [3.05, 3.63) is 29.3 Å². The normalized spacial score (nSPS) is 25.6. The van der Waals surface area contributed by atoms with Gasteiger partial charge in [0.25, 0.3) is 0 Å². The molecule has 0 aromatic heterocycles. The van der Waals surface area contributed by atoms with E-state index in [0.717, 1.165) is 30.6 Å². The minimum absolute atomic E-state index is 0.271. The maximum absolute atomic E-state index is 11.5. The van der Waals surface area contributed by atoms with Gasteiger partial charge in [-0.1, -0.05) is 6.07 Å². The number of carbonyl (C=O) groups excluding carboxylic acids is 1. The molecule has 2 N–H and O–H groups in total. The largest absolute Gasteiger partial charge is 0.375 e. The van der Waals surface area contributed by atoms with Gasteiger partial charge in [0, 0.05) is 23.8 Å². The molecule has 3 atom stereocenters. The van der Waals surface area contributed by atoms with Crippen molar-refractivity contribution in [2.24, 2.45) is 5.73 Å². The van der Waals surface area contributed by atoms with Crippen molar-refractivity contribution in [2.75, 3.05) is 11.4 Å². The van der Waals surface area contributed by atoms with E-state index in [1.54, 1.807) is 6.07 Å². The standard InChI is InChI=1S/C17H26N2O2/c1-5-19(14-9-11(2)21-12(3)10-14)16-8-6-7-15(13(16)4)17(18)20/h6-8,11-12,14H,5,9-10H2,1-4H3,(H2,18,20)/t11-,12+,14?. The van der Waals surface area contributed by atoms with Gasteiger partial charge >= 0.3 is 0 Å². The fraction of sp³-hybridized carbons (Fsp3) is 0.588. The van der Waals surface area contributed by atoms with E-state index in [1.165, 1.54) is 0 Å². The molecule has 1 aromatic rings. The number of hydrogen-bond donors (Lipinski definition) is 1. The number of benzene rings is 1. The quantitative estimate of drug-likeness (QED) is 0.927. The number of hydrogen-bond acceptors (Lipinski definition) is 3. The Morgan fingerprint density at radius 3 is 2.48 bits per heavy atom. The molecule has 1 saturated heterocycles. The van der Waals surface area contributed by atoms with Crippen molar-refractivity contribution in [1.29, 1.82) is 0 Å². The highest BCUT2D eigenvalue weighted by Crippen LogP contribution is 2.30. The molecule has 116 valence electrons. The number of rotatable bonds is 4. The van der Waals surface area contributed by atoms with Crippen molar-refractivity contribution in [3.8, 4) is 0 Å². The zero-order chi connectivity index (χ0) is 15.6. The lowest BCUT2D eigenvalue weighted by molar-refractivity contribution is -0.0376. The summed E-state index contributed by atoms with van der Waals surface area (Å²) >= 11 is 0. The van der Waals surface area contributed by atoms with E-state index in [1.807, 2.05) is 13.0 Å². The van der Waals surface area contributed by atoms with E-state index >= 15 is 0 Å². The van der Waals surface area contributed by atoms with Gasteiger partial charge in [0.2, 0.25) is 5.91 Å². The number of ether oxygens (including phenoxy) is 1. The maximum atomic E-state index is 11.5. The van der Waals surface area contributed by atoms with Crippen LogP contribution >= 0.6 is 0 Å². The number of anilines is 1. The molecular weight excluding hydrogens is 264 g/mol. The Morgan fingerprint density at radius 1 is 1.33 bits per heavy atom. The highest BCUT2D eigenvalue weighted by atomic mass is 16.5. The molecule has 1 aromatic carbocycles. The molecule has 21 heavy (non-hydrogen) atoms. The molecule has 1 amide bonds. The van der Waals surface area contributed by atoms with Gasteiger partial charge in [-0.05, 0) is 58.2 Å². The SMILES string of the molecule is CCN(c1cccc(C(N)=O)c1C)C1C[C@@H](C)O[C@@H](C)C1. The fourth-order valence-corrected chi connectivity index (χ4v) is 3.45. The molecule has 4 heteroatoms. The number of nitrogens with zero attached hydrogens (tertiary/aromatic N) is 1. The van der Waals surface area contributed by atoms with Crippen LogP contribution in [0.4, 0.5) is 5.69 Å². The number of primary amides is 1. The number of nitrogens with two attached hydrogens (primary N) is 1. The molecule has 1 fully saturated rings. The second-order valence-electron chi connectivity index (χ2n) is 5.98. The Morgan fingerprint density at radius 2 is 1.95 bits per heavy atom. The molecule has 0 saturated carbocycles. The van der Waals surface area contributed by atoms with Crippen molar-refractivity contribution in [3.63, 3.8) is 0 Å². The predicted octanol–water partition coefficient (Wildman–Crippen LogP) is 2.88. The van der Waals surface area contributed by atoms with Gasteiger partial charge in [-0.25, -0.2) is 0 Å². The van der Waals surface area contributed by atoms with Crippen molar-refractivity contribution in [1.82, 2.24) is 0 Å². The topological polar surface area (TPSA) is 55.6 Å². The third kappa shape index (κ3) is 3.38. The third-order valence-electron chi connectivity index (χ3n) is 4.33. The molecule has 2 rings (SSSR count). The van der Waals surface area contributed by atoms with Crippen molar-refractivity contribution >= 4 is 11.6 Å². The molecule has 0 spiro atoms. The lowest BCUT2D eigenvalue weighted by Crippen LogP contribution is -2.44. The van der Waals surface area contributed by atoms with Crippen LogP contribution in [0.15, 0.2) is 18.2 Å². The monoisotopic (exact) mass is 290 g/mol. The lowest BCUT2D eigenvalue weighted by Gasteiger charge is -2.41. The molecule has 0 bridgehead atoms. The van der Waals surface area contributed by atoms with Gasteiger partial charge in [0.15, 0.2) is 0 Å². The summed E-state index contributed by atoms with van der Waals surface area (Å²) in [6.45, 7) is 9.30. The van der Waals surface area contributed by atoms with E-state index in [2.05, 4.69) is 31.7 Å². The van der Waals surface area contributed by atoms with Crippen LogP contribution in [0.3, 0.4) is 0 Å². The van der Waals surface area contributed by atoms with Crippen LogP contribution in [-0.4, -0.2) is 30.7 Å². The smallest absolute Gasteiger partial charge is 0.249 e. The Balaban J connectivity index is 2.33. The van der Waals surface area contributed by atoms with E-state index in [4.69, 9.17) is 10.5 Å². The first kappa shape index (κ1) is 15.8. The molecule has 4 nitrogen and oxygen atoms in total. The van der Waals surface area contributed by atoms with Crippen LogP contribution < -0.4 is 10.6 Å². The molecule has 1 aliphatic heterocycles. The summed E-state index contributed by atoms with van der Waals surface area (Å²) in [5.41, 5.74) is 8.16. The average molecular weight is 290 g/mol. The van der Waals surface area contributed by atoms with Crippen LogP contribution in [0.5, 0.6) is 0 Å². The van der Waals surface area contributed by atoms with Crippen molar-refractivity contribution < 1.29 is 9.53 Å². The minimum atomic E-state index is -0.362. The summed E-state index contributed by atoms with van der Waals surface area (Å²) in [5, 5.41) is 0. The molecular formula is C17H26N2O2. The van der Waals surface area contributed by atoms with Crippen LogP contribution in [0, 0.1) is 6.92 Å². The molecule has 1 heterocycles.